The Labute approximate surface area is 196 Å². The van der Waals surface area contributed by atoms with Crippen LogP contribution in [-0.4, -0.2) is 58.4 Å². The van der Waals surface area contributed by atoms with Crippen molar-refractivity contribution in [1.29, 1.82) is 0 Å². The molecule has 182 valence electrons. The van der Waals surface area contributed by atoms with E-state index >= 15 is 0 Å². The number of piperidine rings is 1. The van der Waals surface area contributed by atoms with Crippen LogP contribution in [0.4, 0.5) is 4.39 Å². The van der Waals surface area contributed by atoms with Gasteiger partial charge in [-0.2, -0.15) is 0 Å². The third kappa shape index (κ3) is 6.12. The molecule has 1 N–H and O–H groups in total. The summed E-state index contributed by atoms with van der Waals surface area (Å²) >= 11 is 0. The molecule has 2 fully saturated rings. The minimum Gasteiger partial charge on any atom is -0.481 e. The number of rotatable bonds is 8. The van der Waals surface area contributed by atoms with Gasteiger partial charge in [-0.05, 0) is 54.7 Å². The number of halogens is 1. The monoisotopic (exact) mass is 460 g/mol. The number of amides is 2. The maximum absolute atomic E-state index is 13.6. The maximum Gasteiger partial charge on any atom is 0.303 e. The molecule has 0 unspecified atom stereocenters. The summed E-state index contributed by atoms with van der Waals surface area (Å²) in [6.45, 7) is 9.54. The minimum absolute atomic E-state index is 0.0385. The van der Waals surface area contributed by atoms with Crippen molar-refractivity contribution in [3.8, 4) is 0 Å². The molecule has 2 aliphatic rings. The van der Waals surface area contributed by atoms with Crippen LogP contribution >= 0.6 is 0 Å². The molecule has 0 radical (unpaired) electrons. The van der Waals surface area contributed by atoms with Gasteiger partial charge in [0.1, 0.15) is 5.82 Å². The van der Waals surface area contributed by atoms with Gasteiger partial charge in [-0.3, -0.25) is 14.4 Å². The Hall–Kier alpha value is -2.44. The second-order valence-electron chi connectivity index (χ2n) is 11.1. The van der Waals surface area contributed by atoms with Crippen LogP contribution in [0.25, 0.3) is 0 Å². The molecule has 2 amide bonds. The number of hydrogen-bond donors (Lipinski definition) is 1. The zero-order valence-electron chi connectivity index (χ0n) is 20.3. The topological polar surface area (TPSA) is 77.9 Å². The fourth-order valence-corrected chi connectivity index (χ4v) is 5.41. The summed E-state index contributed by atoms with van der Waals surface area (Å²) in [6, 6.07) is 6.58. The van der Waals surface area contributed by atoms with Crippen LogP contribution in [0.2, 0.25) is 0 Å². The first-order valence-electron chi connectivity index (χ1n) is 12.0. The van der Waals surface area contributed by atoms with Gasteiger partial charge in [-0.1, -0.05) is 39.8 Å². The van der Waals surface area contributed by atoms with Crippen molar-refractivity contribution >= 4 is 17.8 Å². The fraction of sp³-hybridized carbons (Fsp3) is 0.654. The summed E-state index contributed by atoms with van der Waals surface area (Å²) in [4.78, 5) is 41.3. The molecule has 6 nitrogen and oxygen atoms in total. The van der Waals surface area contributed by atoms with Crippen LogP contribution in [0, 0.1) is 22.6 Å². The number of carbonyl (C=O) groups excluding carboxylic acids is 2. The van der Waals surface area contributed by atoms with E-state index in [9.17, 15) is 18.8 Å². The largest absolute Gasteiger partial charge is 0.481 e. The SMILES string of the molecule is CC(C)CN1C(=O)C2(CCN(C(=O)CC(C)(C)CC(=O)O)CC2)C[C@@H]1Cc1ccc(F)cc1. The van der Waals surface area contributed by atoms with Gasteiger partial charge < -0.3 is 14.9 Å². The van der Waals surface area contributed by atoms with Gasteiger partial charge in [-0.15, -0.1) is 0 Å². The fourth-order valence-electron chi connectivity index (χ4n) is 5.41. The maximum atomic E-state index is 13.6. The average molecular weight is 461 g/mol. The highest BCUT2D eigenvalue weighted by molar-refractivity contribution is 5.86. The molecule has 1 atom stereocenters. The zero-order chi connectivity index (χ0) is 24.4. The van der Waals surface area contributed by atoms with Crippen molar-refractivity contribution in [3.05, 3.63) is 35.6 Å². The minimum atomic E-state index is -0.903. The molecule has 2 heterocycles. The van der Waals surface area contributed by atoms with Crippen LogP contribution in [0.1, 0.15) is 65.4 Å². The third-order valence-electron chi connectivity index (χ3n) is 7.06. The van der Waals surface area contributed by atoms with Crippen molar-refractivity contribution in [1.82, 2.24) is 9.80 Å². The van der Waals surface area contributed by atoms with Crippen molar-refractivity contribution in [3.63, 3.8) is 0 Å². The molecule has 33 heavy (non-hydrogen) atoms. The Morgan fingerprint density at radius 3 is 2.30 bits per heavy atom. The van der Waals surface area contributed by atoms with E-state index in [0.717, 1.165) is 12.0 Å². The number of carbonyl (C=O) groups is 3. The van der Waals surface area contributed by atoms with Gasteiger partial charge in [0.25, 0.3) is 0 Å². The predicted octanol–water partition coefficient (Wildman–Crippen LogP) is 4.12. The number of benzene rings is 1. The molecule has 1 aromatic rings. The van der Waals surface area contributed by atoms with Gasteiger partial charge >= 0.3 is 5.97 Å². The molecule has 7 heteroatoms. The van der Waals surface area contributed by atoms with Crippen LogP contribution < -0.4 is 0 Å². The summed E-state index contributed by atoms with van der Waals surface area (Å²) in [6.07, 6.45) is 2.85. The second-order valence-corrected chi connectivity index (χ2v) is 11.1. The van der Waals surface area contributed by atoms with E-state index in [1.807, 2.05) is 4.90 Å². The highest BCUT2D eigenvalue weighted by Crippen LogP contribution is 2.46. The second kappa shape index (κ2) is 9.82. The summed E-state index contributed by atoms with van der Waals surface area (Å²) in [5.74, 6) is -0.678. The highest BCUT2D eigenvalue weighted by Gasteiger charge is 2.52. The van der Waals surface area contributed by atoms with E-state index in [4.69, 9.17) is 5.11 Å². The van der Waals surface area contributed by atoms with Crippen molar-refractivity contribution < 1.29 is 23.9 Å². The van der Waals surface area contributed by atoms with Gasteiger partial charge in [0.05, 0.1) is 11.8 Å². The lowest BCUT2D eigenvalue weighted by Gasteiger charge is -2.39. The van der Waals surface area contributed by atoms with Crippen LogP contribution in [-0.2, 0) is 20.8 Å². The average Bonchev–Trinajstić information content (AvgIpc) is 2.94. The first-order valence-corrected chi connectivity index (χ1v) is 12.0. The Balaban J connectivity index is 1.68. The van der Waals surface area contributed by atoms with Crippen molar-refractivity contribution in [2.75, 3.05) is 19.6 Å². The van der Waals surface area contributed by atoms with E-state index in [0.29, 0.717) is 44.8 Å². The molecule has 2 aliphatic heterocycles. The van der Waals surface area contributed by atoms with Crippen LogP contribution in [0.3, 0.4) is 0 Å². The Kier molecular flexibility index (Phi) is 7.49. The van der Waals surface area contributed by atoms with Crippen molar-refractivity contribution in [2.45, 2.75) is 72.3 Å². The molecular weight excluding hydrogens is 423 g/mol. The van der Waals surface area contributed by atoms with Gasteiger partial charge in [0, 0.05) is 32.1 Å². The van der Waals surface area contributed by atoms with Gasteiger partial charge in [-0.25, -0.2) is 4.39 Å². The lowest BCUT2D eigenvalue weighted by molar-refractivity contribution is -0.145. The normalized spacial score (nSPS) is 20.7. The number of nitrogens with zero attached hydrogens (tertiary/aromatic N) is 2. The smallest absolute Gasteiger partial charge is 0.303 e. The summed E-state index contributed by atoms with van der Waals surface area (Å²) in [7, 11) is 0. The number of aliphatic carboxylic acids is 1. The van der Waals surface area contributed by atoms with E-state index in [2.05, 4.69) is 13.8 Å². The third-order valence-corrected chi connectivity index (χ3v) is 7.06. The molecule has 0 saturated carbocycles. The van der Waals surface area contributed by atoms with Crippen LogP contribution in [0.5, 0.6) is 0 Å². The highest BCUT2D eigenvalue weighted by atomic mass is 19.1. The Morgan fingerprint density at radius 2 is 1.76 bits per heavy atom. The molecule has 3 rings (SSSR count). The molecule has 1 spiro atoms. The van der Waals surface area contributed by atoms with Crippen molar-refractivity contribution in [2.24, 2.45) is 16.7 Å². The predicted molar refractivity (Wildman–Crippen MR) is 124 cm³/mol. The van der Waals surface area contributed by atoms with E-state index in [1.165, 1.54) is 12.1 Å². The Morgan fingerprint density at radius 1 is 1.15 bits per heavy atom. The number of carboxylic acids is 1. The first kappa shape index (κ1) is 25.2. The molecule has 2 saturated heterocycles. The molecule has 1 aromatic carbocycles. The summed E-state index contributed by atoms with van der Waals surface area (Å²) in [5.41, 5.74) is -0.0315. The quantitative estimate of drug-likeness (QED) is 0.633. The summed E-state index contributed by atoms with van der Waals surface area (Å²) < 4.78 is 13.3. The molecule has 0 bridgehead atoms. The molecule has 0 aliphatic carbocycles. The van der Waals surface area contributed by atoms with E-state index < -0.39 is 16.8 Å². The number of hydrogen-bond acceptors (Lipinski definition) is 3. The standard InChI is InChI=1S/C26H37FN2O4/c1-18(2)17-29-21(13-19-5-7-20(27)8-6-19)14-26(24(29)33)9-11-28(12-10-26)22(30)15-25(3,4)16-23(31)32/h5-8,18,21H,9-17H2,1-4H3,(H,31,32)/t21-/m0/s1. The number of carboxylic acid groups (broad SMARTS) is 1. The molecular formula is C26H37FN2O4. The van der Waals surface area contributed by atoms with Gasteiger partial charge in [0.15, 0.2) is 0 Å². The number of likely N-dealkylation sites (tertiary alicyclic amines) is 2. The molecule has 0 aromatic heterocycles. The van der Waals surface area contributed by atoms with E-state index in [-0.39, 0.29) is 36.5 Å². The first-order chi connectivity index (χ1) is 15.4. The summed E-state index contributed by atoms with van der Waals surface area (Å²) in [5, 5.41) is 9.09. The lowest BCUT2D eigenvalue weighted by atomic mass is 9.75. The van der Waals surface area contributed by atoms with Gasteiger partial charge in [0.2, 0.25) is 11.8 Å². The zero-order valence-corrected chi connectivity index (χ0v) is 20.3. The lowest BCUT2D eigenvalue weighted by Crippen LogP contribution is -2.47. The Bertz CT molecular complexity index is 873. The van der Waals surface area contributed by atoms with Crippen LogP contribution in [0.15, 0.2) is 24.3 Å². The van der Waals surface area contributed by atoms with E-state index in [1.54, 1.807) is 30.9 Å².